The highest BCUT2D eigenvalue weighted by Crippen LogP contribution is 2.15. The lowest BCUT2D eigenvalue weighted by Crippen LogP contribution is -2.18. The predicted molar refractivity (Wildman–Crippen MR) is 88.3 cm³/mol. The highest BCUT2D eigenvalue weighted by molar-refractivity contribution is 6.00. The first-order valence-corrected chi connectivity index (χ1v) is 6.94. The number of aromatic amines is 1. The number of H-pyrrole nitrogens is 1. The van der Waals surface area contributed by atoms with E-state index in [0.717, 1.165) is 16.5 Å². The first-order chi connectivity index (χ1) is 11.1. The molecule has 0 unspecified atom stereocenters. The molecular formula is C17H14N4O2. The van der Waals surface area contributed by atoms with Crippen molar-refractivity contribution in [2.75, 3.05) is 0 Å². The van der Waals surface area contributed by atoms with Gasteiger partial charge in [0.2, 0.25) is 5.91 Å². The van der Waals surface area contributed by atoms with Gasteiger partial charge in [-0.25, -0.2) is 5.43 Å². The number of rotatable bonds is 4. The molecule has 0 aliphatic heterocycles. The summed E-state index contributed by atoms with van der Waals surface area (Å²) in [4.78, 5) is 26.1. The molecule has 6 heteroatoms. The lowest BCUT2D eigenvalue weighted by atomic mass is 10.1. The molecule has 0 saturated carbocycles. The summed E-state index contributed by atoms with van der Waals surface area (Å²) in [5, 5.41) is 4.99. The van der Waals surface area contributed by atoms with Crippen molar-refractivity contribution in [3.8, 4) is 0 Å². The number of carbonyl (C=O) groups is 2. The van der Waals surface area contributed by atoms with Crippen LogP contribution in [0.1, 0.15) is 26.3 Å². The number of nitrogens with zero attached hydrogens (tertiary/aromatic N) is 1. The molecule has 0 radical (unpaired) electrons. The van der Waals surface area contributed by atoms with Gasteiger partial charge < -0.3 is 10.7 Å². The Hall–Kier alpha value is -3.41. The van der Waals surface area contributed by atoms with Crippen molar-refractivity contribution >= 4 is 28.9 Å². The number of amides is 2. The average Bonchev–Trinajstić information content (AvgIpc) is 2.98. The Morgan fingerprint density at radius 3 is 2.48 bits per heavy atom. The minimum absolute atomic E-state index is 0.351. The van der Waals surface area contributed by atoms with E-state index in [1.165, 1.54) is 24.3 Å². The molecule has 3 aromatic rings. The molecule has 0 spiro atoms. The topological polar surface area (TPSA) is 100 Å². The maximum Gasteiger partial charge on any atom is 0.271 e. The number of carbonyl (C=O) groups excluding carboxylic acids is 2. The van der Waals surface area contributed by atoms with Crippen molar-refractivity contribution in [1.29, 1.82) is 0 Å². The van der Waals surface area contributed by atoms with Gasteiger partial charge in [-0.2, -0.15) is 5.10 Å². The minimum atomic E-state index is -0.533. The van der Waals surface area contributed by atoms with E-state index < -0.39 is 5.91 Å². The van der Waals surface area contributed by atoms with Gasteiger partial charge in [0, 0.05) is 33.8 Å². The van der Waals surface area contributed by atoms with Crippen molar-refractivity contribution in [3.63, 3.8) is 0 Å². The van der Waals surface area contributed by atoms with E-state index in [-0.39, 0.29) is 5.91 Å². The second-order valence-electron chi connectivity index (χ2n) is 4.93. The van der Waals surface area contributed by atoms with Gasteiger partial charge >= 0.3 is 0 Å². The van der Waals surface area contributed by atoms with Crippen LogP contribution in [0.5, 0.6) is 0 Å². The lowest BCUT2D eigenvalue weighted by Gasteiger charge is -2.00. The fourth-order valence-electron chi connectivity index (χ4n) is 2.21. The number of primary amides is 1. The van der Waals surface area contributed by atoms with Gasteiger partial charge in [0.25, 0.3) is 5.91 Å². The molecule has 0 saturated heterocycles. The van der Waals surface area contributed by atoms with E-state index in [4.69, 9.17) is 5.73 Å². The Balaban J connectivity index is 1.70. The highest BCUT2D eigenvalue weighted by Gasteiger charge is 2.06. The summed E-state index contributed by atoms with van der Waals surface area (Å²) >= 11 is 0. The maximum absolute atomic E-state index is 12.0. The molecule has 114 valence electrons. The first-order valence-electron chi connectivity index (χ1n) is 6.94. The van der Waals surface area contributed by atoms with E-state index in [2.05, 4.69) is 15.5 Å². The molecule has 2 amide bonds. The molecule has 0 aliphatic rings. The third kappa shape index (κ3) is 3.11. The Morgan fingerprint density at radius 2 is 1.74 bits per heavy atom. The molecule has 1 aromatic heterocycles. The molecule has 3 rings (SSSR count). The zero-order chi connectivity index (χ0) is 16.2. The van der Waals surface area contributed by atoms with E-state index in [1.807, 2.05) is 30.5 Å². The Labute approximate surface area is 132 Å². The molecule has 23 heavy (non-hydrogen) atoms. The van der Waals surface area contributed by atoms with Crippen molar-refractivity contribution in [3.05, 3.63) is 71.4 Å². The van der Waals surface area contributed by atoms with Crippen molar-refractivity contribution in [2.45, 2.75) is 0 Å². The van der Waals surface area contributed by atoms with Crippen LogP contribution in [-0.2, 0) is 0 Å². The van der Waals surface area contributed by atoms with Gasteiger partial charge in [-0.05, 0) is 30.3 Å². The Bertz CT molecular complexity index is 894. The van der Waals surface area contributed by atoms with E-state index in [9.17, 15) is 9.59 Å². The van der Waals surface area contributed by atoms with E-state index in [1.54, 1.807) is 6.21 Å². The standard InChI is InChI=1S/C17H14N4O2/c18-16(22)11-5-7-12(8-6-11)17(23)21-20-10-13-9-19-15-4-2-1-3-14(13)15/h1-10,19H,(H2,18,22)(H,21,23)/b20-10-. The number of hydrogen-bond acceptors (Lipinski definition) is 3. The van der Waals surface area contributed by atoms with Crippen LogP contribution in [0, 0.1) is 0 Å². The number of para-hydroxylation sites is 1. The number of nitrogens with two attached hydrogens (primary N) is 1. The fraction of sp³-hybridized carbons (Fsp3) is 0. The van der Waals surface area contributed by atoms with Crippen LogP contribution >= 0.6 is 0 Å². The number of hydrogen-bond donors (Lipinski definition) is 3. The smallest absolute Gasteiger partial charge is 0.271 e. The SMILES string of the molecule is NC(=O)c1ccc(C(=O)N/N=C\c2c[nH]c3ccccc23)cc1. The first kappa shape index (κ1) is 14.5. The van der Waals surface area contributed by atoms with Crippen LogP contribution < -0.4 is 11.2 Å². The molecule has 4 N–H and O–H groups in total. The third-order valence-electron chi connectivity index (χ3n) is 3.42. The van der Waals surface area contributed by atoms with Gasteiger partial charge in [0.15, 0.2) is 0 Å². The van der Waals surface area contributed by atoms with Gasteiger partial charge in [-0.1, -0.05) is 18.2 Å². The molecule has 0 atom stereocenters. The van der Waals surface area contributed by atoms with Gasteiger partial charge in [-0.3, -0.25) is 9.59 Å². The molecule has 0 aliphatic carbocycles. The van der Waals surface area contributed by atoms with Crippen molar-refractivity contribution < 1.29 is 9.59 Å². The van der Waals surface area contributed by atoms with Crippen LogP contribution in [0.25, 0.3) is 10.9 Å². The molecule has 0 fully saturated rings. The molecule has 1 heterocycles. The normalized spacial score (nSPS) is 11.0. The number of nitrogens with one attached hydrogen (secondary N) is 2. The molecular weight excluding hydrogens is 292 g/mol. The third-order valence-corrected chi connectivity index (χ3v) is 3.42. The fourth-order valence-corrected chi connectivity index (χ4v) is 2.21. The summed E-state index contributed by atoms with van der Waals surface area (Å²) in [7, 11) is 0. The summed E-state index contributed by atoms with van der Waals surface area (Å²) in [5.74, 6) is -0.897. The molecule has 6 nitrogen and oxygen atoms in total. The average molecular weight is 306 g/mol. The lowest BCUT2D eigenvalue weighted by molar-refractivity contribution is 0.0952. The van der Waals surface area contributed by atoms with Gasteiger partial charge in [0.1, 0.15) is 0 Å². The second-order valence-corrected chi connectivity index (χ2v) is 4.93. The van der Waals surface area contributed by atoms with Crippen LogP contribution in [0.3, 0.4) is 0 Å². The number of hydrazone groups is 1. The van der Waals surface area contributed by atoms with Gasteiger partial charge in [0.05, 0.1) is 6.21 Å². The van der Waals surface area contributed by atoms with E-state index in [0.29, 0.717) is 11.1 Å². The van der Waals surface area contributed by atoms with Crippen LogP contribution in [0.15, 0.2) is 59.8 Å². The van der Waals surface area contributed by atoms with Crippen molar-refractivity contribution in [2.24, 2.45) is 10.8 Å². The highest BCUT2D eigenvalue weighted by atomic mass is 16.2. The van der Waals surface area contributed by atoms with Gasteiger partial charge in [-0.15, -0.1) is 0 Å². The van der Waals surface area contributed by atoms with Crippen LogP contribution in [0.4, 0.5) is 0 Å². The Morgan fingerprint density at radius 1 is 1.04 bits per heavy atom. The summed E-state index contributed by atoms with van der Waals surface area (Å²) < 4.78 is 0. The maximum atomic E-state index is 12.0. The largest absolute Gasteiger partial charge is 0.366 e. The summed E-state index contributed by atoms with van der Waals surface area (Å²) in [6.07, 6.45) is 3.40. The summed E-state index contributed by atoms with van der Waals surface area (Å²) in [5.41, 5.74) is 10.2. The monoisotopic (exact) mass is 306 g/mol. The van der Waals surface area contributed by atoms with Crippen molar-refractivity contribution in [1.82, 2.24) is 10.4 Å². The zero-order valence-corrected chi connectivity index (χ0v) is 12.1. The molecule has 0 bridgehead atoms. The summed E-state index contributed by atoms with van der Waals surface area (Å²) in [6.45, 7) is 0. The second kappa shape index (κ2) is 6.15. The number of benzene rings is 2. The minimum Gasteiger partial charge on any atom is -0.366 e. The quantitative estimate of drug-likeness (QED) is 0.507. The number of fused-ring (bicyclic) bond motifs is 1. The van der Waals surface area contributed by atoms with Crippen LogP contribution in [-0.4, -0.2) is 23.0 Å². The molecule has 2 aromatic carbocycles. The Kier molecular flexibility index (Phi) is 3.88. The van der Waals surface area contributed by atoms with E-state index >= 15 is 0 Å². The zero-order valence-electron chi connectivity index (χ0n) is 12.1. The number of aromatic nitrogens is 1. The van der Waals surface area contributed by atoms with Crippen LogP contribution in [0.2, 0.25) is 0 Å². The summed E-state index contributed by atoms with van der Waals surface area (Å²) in [6, 6.07) is 13.9. The predicted octanol–water partition coefficient (Wildman–Crippen LogP) is 2.03.